The Balaban J connectivity index is 2.03. The SMILES string of the molecule is CN1CCN(c2c(-c3ccc(Cl)cc3)c[nH]c2C(=O)O)CC1. The van der Waals surface area contributed by atoms with Crippen LogP contribution in [0.4, 0.5) is 5.69 Å². The summed E-state index contributed by atoms with van der Waals surface area (Å²) in [5, 5.41) is 10.1. The highest BCUT2D eigenvalue weighted by atomic mass is 35.5. The molecule has 0 radical (unpaired) electrons. The Morgan fingerprint density at radius 3 is 2.41 bits per heavy atom. The lowest BCUT2D eigenvalue weighted by Crippen LogP contribution is -2.45. The zero-order valence-electron chi connectivity index (χ0n) is 12.3. The van der Waals surface area contributed by atoms with Gasteiger partial charge in [0.05, 0.1) is 5.69 Å². The number of piperazine rings is 1. The van der Waals surface area contributed by atoms with E-state index in [0.29, 0.717) is 5.02 Å². The van der Waals surface area contributed by atoms with Gasteiger partial charge in [-0.25, -0.2) is 4.79 Å². The summed E-state index contributed by atoms with van der Waals surface area (Å²) in [4.78, 5) is 18.8. The summed E-state index contributed by atoms with van der Waals surface area (Å²) in [7, 11) is 2.08. The highest BCUT2D eigenvalue weighted by Crippen LogP contribution is 2.35. The van der Waals surface area contributed by atoms with Gasteiger partial charge >= 0.3 is 5.97 Å². The van der Waals surface area contributed by atoms with E-state index in [1.165, 1.54) is 0 Å². The molecule has 3 rings (SSSR count). The molecule has 0 spiro atoms. The minimum absolute atomic E-state index is 0.245. The van der Waals surface area contributed by atoms with Gasteiger partial charge in [0.15, 0.2) is 0 Å². The molecule has 116 valence electrons. The molecular formula is C16H18ClN3O2. The predicted octanol–water partition coefficient (Wildman–Crippen LogP) is 2.79. The van der Waals surface area contributed by atoms with Gasteiger partial charge in [0, 0.05) is 43.0 Å². The number of aromatic carboxylic acids is 1. The molecule has 0 saturated carbocycles. The number of hydrogen-bond donors (Lipinski definition) is 2. The number of hydrogen-bond acceptors (Lipinski definition) is 3. The number of H-pyrrole nitrogens is 1. The fraction of sp³-hybridized carbons (Fsp3) is 0.312. The molecule has 0 bridgehead atoms. The fourth-order valence-corrected chi connectivity index (χ4v) is 2.91. The number of rotatable bonds is 3. The number of nitrogens with one attached hydrogen (secondary N) is 1. The lowest BCUT2D eigenvalue weighted by molar-refractivity contribution is 0.0692. The molecule has 2 heterocycles. The number of aromatic amines is 1. The maximum atomic E-state index is 11.5. The third-order valence-corrected chi connectivity index (χ3v) is 4.29. The molecule has 1 fully saturated rings. The topological polar surface area (TPSA) is 59.6 Å². The van der Waals surface area contributed by atoms with Crippen LogP contribution in [0.5, 0.6) is 0 Å². The van der Waals surface area contributed by atoms with Crippen LogP contribution in [-0.4, -0.2) is 54.2 Å². The highest BCUT2D eigenvalue weighted by molar-refractivity contribution is 6.30. The molecule has 5 nitrogen and oxygen atoms in total. The lowest BCUT2D eigenvalue weighted by Gasteiger charge is -2.34. The molecule has 0 aliphatic carbocycles. The van der Waals surface area contributed by atoms with Crippen LogP contribution in [0.15, 0.2) is 30.5 Å². The average molecular weight is 320 g/mol. The number of carbonyl (C=O) groups is 1. The molecular weight excluding hydrogens is 302 g/mol. The van der Waals surface area contributed by atoms with Crippen LogP contribution < -0.4 is 4.90 Å². The van der Waals surface area contributed by atoms with Crippen LogP contribution in [-0.2, 0) is 0 Å². The van der Waals surface area contributed by atoms with Crippen molar-refractivity contribution in [1.82, 2.24) is 9.88 Å². The van der Waals surface area contributed by atoms with Crippen LogP contribution in [0.2, 0.25) is 5.02 Å². The standard InChI is InChI=1S/C16H18ClN3O2/c1-19-6-8-20(9-7-19)15-13(10-18-14(15)16(21)22)11-2-4-12(17)5-3-11/h2-5,10,18H,6-9H2,1H3,(H,21,22). The number of nitrogens with zero attached hydrogens (tertiary/aromatic N) is 2. The van der Waals surface area contributed by atoms with Gasteiger partial charge in [0.1, 0.15) is 5.69 Å². The van der Waals surface area contributed by atoms with E-state index in [2.05, 4.69) is 21.8 Å². The number of carboxylic acids is 1. The van der Waals surface area contributed by atoms with Crippen molar-refractivity contribution < 1.29 is 9.90 Å². The van der Waals surface area contributed by atoms with E-state index >= 15 is 0 Å². The number of likely N-dealkylation sites (N-methyl/N-ethyl adjacent to an activating group) is 1. The summed E-state index contributed by atoms with van der Waals surface area (Å²) in [6.45, 7) is 3.47. The Morgan fingerprint density at radius 1 is 1.18 bits per heavy atom. The van der Waals surface area contributed by atoms with Crippen molar-refractivity contribution in [3.05, 3.63) is 41.2 Å². The molecule has 0 atom stereocenters. The summed E-state index contributed by atoms with van der Waals surface area (Å²) in [6, 6.07) is 7.46. The first-order valence-corrected chi connectivity index (χ1v) is 7.58. The van der Waals surface area contributed by atoms with Crippen LogP contribution in [0, 0.1) is 0 Å². The van der Waals surface area contributed by atoms with E-state index < -0.39 is 5.97 Å². The van der Waals surface area contributed by atoms with Crippen LogP contribution >= 0.6 is 11.6 Å². The quantitative estimate of drug-likeness (QED) is 0.913. The Bertz CT molecular complexity index is 673. The number of benzene rings is 1. The van der Waals surface area contributed by atoms with Crippen LogP contribution in [0.1, 0.15) is 10.5 Å². The molecule has 22 heavy (non-hydrogen) atoms. The number of aromatic nitrogens is 1. The second-order valence-electron chi connectivity index (χ2n) is 5.53. The van der Waals surface area contributed by atoms with Gasteiger partial charge in [-0.1, -0.05) is 23.7 Å². The predicted molar refractivity (Wildman–Crippen MR) is 87.9 cm³/mol. The summed E-state index contributed by atoms with van der Waals surface area (Å²) in [6.07, 6.45) is 1.76. The molecule has 6 heteroatoms. The van der Waals surface area contributed by atoms with Gasteiger partial charge in [0.25, 0.3) is 0 Å². The summed E-state index contributed by atoms with van der Waals surface area (Å²) in [5.41, 5.74) is 2.87. The maximum absolute atomic E-state index is 11.5. The minimum Gasteiger partial charge on any atom is -0.477 e. The van der Waals surface area contributed by atoms with E-state index in [4.69, 9.17) is 11.6 Å². The third-order valence-electron chi connectivity index (χ3n) is 4.04. The van der Waals surface area contributed by atoms with Gasteiger partial charge in [-0.15, -0.1) is 0 Å². The number of halogens is 1. The van der Waals surface area contributed by atoms with E-state index in [1.54, 1.807) is 6.20 Å². The second-order valence-corrected chi connectivity index (χ2v) is 5.96. The Labute approximate surface area is 134 Å². The van der Waals surface area contributed by atoms with Gasteiger partial charge in [-0.05, 0) is 24.7 Å². The first-order valence-electron chi connectivity index (χ1n) is 7.20. The summed E-state index contributed by atoms with van der Waals surface area (Å²) < 4.78 is 0. The molecule has 1 saturated heterocycles. The van der Waals surface area contributed by atoms with Crippen molar-refractivity contribution in [2.24, 2.45) is 0 Å². The molecule has 0 amide bonds. The van der Waals surface area contributed by atoms with Crippen molar-refractivity contribution in [2.75, 3.05) is 38.1 Å². The van der Waals surface area contributed by atoms with Crippen molar-refractivity contribution in [2.45, 2.75) is 0 Å². The number of carboxylic acid groups (broad SMARTS) is 1. The molecule has 1 aliphatic rings. The van der Waals surface area contributed by atoms with E-state index in [1.807, 2.05) is 24.3 Å². The normalized spacial score (nSPS) is 16.0. The largest absolute Gasteiger partial charge is 0.477 e. The summed E-state index contributed by atoms with van der Waals surface area (Å²) in [5.74, 6) is -0.936. The van der Waals surface area contributed by atoms with Gasteiger partial charge in [-0.2, -0.15) is 0 Å². The van der Waals surface area contributed by atoms with Crippen LogP contribution in [0.25, 0.3) is 11.1 Å². The van der Waals surface area contributed by atoms with E-state index in [0.717, 1.165) is 43.0 Å². The third kappa shape index (κ3) is 2.82. The Kier molecular flexibility index (Phi) is 4.09. The van der Waals surface area contributed by atoms with Crippen molar-refractivity contribution in [3.63, 3.8) is 0 Å². The average Bonchev–Trinajstić information content (AvgIpc) is 2.94. The van der Waals surface area contributed by atoms with Crippen molar-refractivity contribution in [3.8, 4) is 11.1 Å². The van der Waals surface area contributed by atoms with Gasteiger partial charge < -0.3 is 19.9 Å². The molecule has 1 aromatic carbocycles. The fourth-order valence-electron chi connectivity index (χ4n) is 2.79. The zero-order chi connectivity index (χ0) is 15.7. The maximum Gasteiger partial charge on any atom is 0.354 e. The smallest absolute Gasteiger partial charge is 0.354 e. The first-order chi connectivity index (χ1) is 10.6. The second kappa shape index (κ2) is 6.02. The molecule has 1 aromatic heterocycles. The van der Waals surface area contributed by atoms with E-state index in [-0.39, 0.29) is 5.69 Å². The Morgan fingerprint density at radius 2 is 1.82 bits per heavy atom. The van der Waals surface area contributed by atoms with Gasteiger partial charge in [-0.3, -0.25) is 0 Å². The Hall–Kier alpha value is -1.98. The minimum atomic E-state index is -0.936. The molecule has 2 aromatic rings. The molecule has 2 N–H and O–H groups in total. The van der Waals surface area contributed by atoms with Crippen LogP contribution in [0.3, 0.4) is 0 Å². The highest BCUT2D eigenvalue weighted by Gasteiger charge is 2.25. The zero-order valence-corrected chi connectivity index (χ0v) is 13.1. The molecule has 1 aliphatic heterocycles. The van der Waals surface area contributed by atoms with Crippen molar-refractivity contribution >= 4 is 23.3 Å². The van der Waals surface area contributed by atoms with E-state index in [9.17, 15) is 9.90 Å². The molecule has 0 unspecified atom stereocenters. The monoisotopic (exact) mass is 319 g/mol. The number of anilines is 1. The van der Waals surface area contributed by atoms with Crippen molar-refractivity contribution in [1.29, 1.82) is 0 Å². The van der Waals surface area contributed by atoms with Gasteiger partial charge in [0.2, 0.25) is 0 Å². The summed E-state index contributed by atoms with van der Waals surface area (Å²) >= 11 is 5.94. The lowest BCUT2D eigenvalue weighted by atomic mass is 10.1. The first kappa shape index (κ1) is 14.9.